The van der Waals surface area contributed by atoms with Crippen LogP contribution >= 0.6 is 11.5 Å². The molecule has 66 valence electrons. The topological polar surface area (TPSA) is 64.7 Å². The molecule has 0 saturated heterocycles. The van der Waals surface area contributed by atoms with Crippen molar-refractivity contribution in [3.8, 4) is 10.6 Å². The first kappa shape index (κ1) is 8.12. The summed E-state index contributed by atoms with van der Waals surface area (Å²) in [5.74, 6) is 0.309. The van der Waals surface area contributed by atoms with Crippen molar-refractivity contribution in [1.29, 1.82) is 0 Å². The van der Waals surface area contributed by atoms with Crippen LogP contribution in [0, 0.1) is 6.92 Å². The Kier molecular flexibility index (Phi) is 1.94. The Balaban J connectivity index is 2.53. The summed E-state index contributed by atoms with van der Waals surface area (Å²) in [7, 11) is 0. The predicted molar refractivity (Wildman–Crippen MR) is 52.3 cm³/mol. The Hall–Kier alpha value is -1.49. The highest BCUT2D eigenvalue weighted by molar-refractivity contribution is 7.09. The first-order valence-electron chi connectivity index (χ1n) is 3.78. The molecule has 2 rings (SSSR count). The van der Waals surface area contributed by atoms with E-state index >= 15 is 0 Å². The monoisotopic (exact) mass is 192 g/mol. The number of nitrogen functional groups attached to an aromatic ring is 1. The number of aromatic nitrogens is 3. The fraction of sp³-hybridized carbons (Fsp3) is 0.125. The standard InChI is InChI=1S/C8H8N4S/c1-5-4-6(12-8(9)11-5)7-2-3-10-13-7/h2-4H,1H3,(H2,9,11,12). The second-order valence-corrected chi connectivity index (χ2v) is 3.46. The van der Waals surface area contributed by atoms with Crippen LogP contribution in [0.3, 0.4) is 0 Å². The number of aryl methyl sites for hydroxylation is 1. The van der Waals surface area contributed by atoms with Crippen LogP contribution in [-0.4, -0.2) is 14.3 Å². The number of nitrogens with zero attached hydrogens (tertiary/aromatic N) is 3. The van der Waals surface area contributed by atoms with Crippen LogP contribution in [0.25, 0.3) is 10.6 Å². The van der Waals surface area contributed by atoms with Gasteiger partial charge in [0.05, 0.1) is 10.6 Å². The molecule has 2 aromatic heterocycles. The SMILES string of the molecule is Cc1cc(-c2ccns2)nc(N)n1. The lowest BCUT2D eigenvalue weighted by Crippen LogP contribution is -1.97. The highest BCUT2D eigenvalue weighted by Gasteiger charge is 2.03. The summed E-state index contributed by atoms with van der Waals surface area (Å²) in [6, 6.07) is 3.80. The molecular weight excluding hydrogens is 184 g/mol. The van der Waals surface area contributed by atoms with Crippen LogP contribution in [0.2, 0.25) is 0 Å². The van der Waals surface area contributed by atoms with E-state index in [1.165, 1.54) is 11.5 Å². The van der Waals surface area contributed by atoms with Gasteiger partial charge in [-0.15, -0.1) is 0 Å². The van der Waals surface area contributed by atoms with Crippen molar-refractivity contribution in [2.45, 2.75) is 6.92 Å². The lowest BCUT2D eigenvalue weighted by atomic mass is 10.3. The number of hydrogen-bond donors (Lipinski definition) is 1. The smallest absolute Gasteiger partial charge is 0.220 e. The summed E-state index contributed by atoms with van der Waals surface area (Å²) in [6.45, 7) is 1.89. The third-order valence-corrected chi connectivity index (χ3v) is 2.33. The van der Waals surface area contributed by atoms with E-state index in [1.807, 2.05) is 19.1 Å². The van der Waals surface area contributed by atoms with E-state index in [1.54, 1.807) is 6.20 Å². The first-order chi connectivity index (χ1) is 6.25. The molecule has 0 unspecified atom stereocenters. The highest BCUT2D eigenvalue weighted by atomic mass is 32.1. The Morgan fingerprint density at radius 2 is 2.23 bits per heavy atom. The molecule has 0 amide bonds. The van der Waals surface area contributed by atoms with Gasteiger partial charge in [-0.2, -0.15) is 0 Å². The normalized spacial score (nSPS) is 10.2. The second-order valence-electron chi connectivity index (χ2n) is 2.63. The van der Waals surface area contributed by atoms with E-state index in [2.05, 4.69) is 14.3 Å². The predicted octanol–water partition coefficient (Wildman–Crippen LogP) is 1.49. The number of anilines is 1. The lowest BCUT2D eigenvalue weighted by molar-refractivity contribution is 1.13. The van der Waals surface area contributed by atoms with Crippen LogP contribution in [0.5, 0.6) is 0 Å². The Morgan fingerprint density at radius 1 is 1.38 bits per heavy atom. The summed E-state index contributed by atoms with van der Waals surface area (Å²) in [4.78, 5) is 9.12. The summed E-state index contributed by atoms with van der Waals surface area (Å²) >= 11 is 1.40. The Morgan fingerprint density at radius 3 is 2.85 bits per heavy atom. The number of hydrogen-bond acceptors (Lipinski definition) is 5. The highest BCUT2D eigenvalue weighted by Crippen LogP contribution is 2.21. The summed E-state index contributed by atoms with van der Waals surface area (Å²) in [6.07, 6.45) is 1.74. The third kappa shape index (κ3) is 1.65. The van der Waals surface area contributed by atoms with E-state index in [4.69, 9.17) is 5.73 Å². The molecule has 2 N–H and O–H groups in total. The molecule has 13 heavy (non-hydrogen) atoms. The van der Waals surface area contributed by atoms with Gasteiger partial charge < -0.3 is 5.73 Å². The molecule has 2 heterocycles. The molecule has 0 spiro atoms. The summed E-state index contributed by atoms with van der Waals surface area (Å²) in [5, 5.41) is 0. The quantitative estimate of drug-likeness (QED) is 0.743. The third-order valence-electron chi connectivity index (χ3n) is 1.56. The largest absolute Gasteiger partial charge is 0.368 e. The van der Waals surface area contributed by atoms with Crippen LogP contribution in [0.4, 0.5) is 5.95 Å². The average molecular weight is 192 g/mol. The van der Waals surface area contributed by atoms with E-state index in [0.29, 0.717) is 5.95 Å². The molecule has 5 heteroatoms. The van der Waals surface area contributed by atoms with Gasteiger partial charge >= 0.3 is 0 Å². The molecule has 0 aliphatic heterocycles. The summed E-state index contributed by atoms with van der Waals surface area (Å²) < 4.78 is 4.00. The molecule has 0 bridgehead atoms. The van der Waals surface area contributed by atoms with Gasteiger partial charge in [-0.3, -0.25) is 0 Å². The van der Waals surface area contributed by atoms with E-state index < -0.39 is 0 Å². The van der Waals surface area contributed by atoms with Gasteiger partial charge in [0.25, 0.3) is 0 Å². The maximum Gasteiger partial charge on any atom is 0.220 e. The molecule has 0 aromatic carbocycles. The number of nitrogens with two attached hydrogens (primary N) is 1. The molecule has 2 aromatic rings. The van der Waals surface area contributed by atoms with Gasteiger partial charge in [0.15, 0.2) is 0 Å². The Bertz CT molecular complexity index is 390. The van der Waals surface area contributed by atoms with Crippen molar-refractivity contribution in [3.63, 3.8) is 0 Å². The van der Waals surface area contributed by atoms with Crippen LogP contribution in [0.1, 0.15) is 5.69 Å². The molecule has 4 nitrogen and oxygen atoms in total. The summed E-state index contributed by atoms with van der Waals surface area (Å²) in [5.41, 5.74) is 7.24. The Labute approximate surface area is 79.6 Å². The minimum absolute atomic E-state index is 0.309. The minimum Gasteiger partial charge on any atom is -0.368 e. The van der Waals surface area contributed by atoms with Gasteiger partial charge in [0.1, 0.15) is 0 Å². The molecule has 0 saturated carbocycles. The molecular formula is C8H8N4S. The first-order valence-corrected chi connectivity index (χ1v) is 4.55. The van der Waals surface area contributed by atoms with Gasteiger partial charge in [-0.1, -0.05) is 0 Å². The fourth-order valence-corrected chi connectivity index (χ4v) is 1.62. The van der Waals surface area contributed by atoms with Crippen molar-refractivity contribution in [3.05, 3.63) is 24.0 Å². The van der Waals surface area contributed by atoms with Gasteiger partial charge in [0, 0.05) is 11.9 Å². The van der Waals surface area contributed by atoms with E-state index in [-0.39, 0.29) is 0 Å². The van der Waals surface area contributed by atoms with Crippen molar-refractivity contribution in [1.82, 2.24) is 14.3 Å². The van der Waals surface area contributed by atoms with Crippen molar-refractivity contribution in [2.75, 3.05) is 5.73 Å². The minimum atomic E-state index is 0.309. The molecule has 0 fully saturated rings. The van der Waals surface area contributed by atoms with Gasteiger partial charge in [0.2, 0.25) is 5.95 Å². The van der Waals surface area contributed by atoms with Crippen molar-refractivity contribution in [2.24, 2.45) is 0 Å². The van der Waals surface area contributed by atoms with Crippen molar-refractivity contribution >= 4 is 17.5 Å². The van der Waals surface area contributed by atoms with Gasteiger partial charge in [-0.05, 0) is 30.6 Å². The van der Waals surface area contributed by atoms with Gasteiger partial charge in [-0.25, -0.2) is 14.3 Å². The van der Waals surface area contributed by atoms with Crippen molar-refractivity contribution < 1.29 is 0 Å². The fourth-order valence-electron chi connectivity index (χ4n) is 1.07. The maximum absolute atomic E-state index is 5.53. The molecule has 0 radical (unpaired) electrons. The zero-order valence-electron chi connectivity index (χ0n) is 7.06. The number of rotatable bonds is 1. The lowest BCUT2D eigenvalue weighted by Gasteiger charge is -1.98. The van der Waals surface area contributed by atoms with Crippen LogP contribution in [-0.2, 0) is 0 Å². The maximum atomic E-state index is 5.53. The second kappa shape index (κ2) is 3.10. The molecule has 0 aliphatic carbocycles. The van der Waals surface area contributed by atoms with E-state index in [0.717, 1.165) is 16.3 Å². The van der Waals surface area contributed by atoms with E-state index in [9.17, 15) is 0 Å². The molecule has 0 aliphatic rings. The van der Waals surface area contributed by atoms with Crippen LogP contribution < -0.4 is 5.73 Å². The van der Waals surface area contributed by atoms with Crippen LogP contribution in [0.15, 0.2) is 18.3 Å². The zero-order chi connectivity index (χ0) is 9.26. The zero-order valence-corrected chi connectivity index (χ0v) is 7.88. The molecule has 0 atom stereocenters. The average Bonchev–Trinajstić information content (AvgIpc) is 2.53.